The molecule has 0 aromatic heterocycles. The predicted molar refractivity (Wildman–Crippen MR) is 90.8 cm³/mol. The number of imide groups is 1. The maximum atomic E-state index is 12.5. The molecule has 4 rings (SSSR count). The Morgan fingerprint density at radius 2 is 1.84 bits per heavy atom. The topological polar surface area (TPSA) is 66.9 Å². The number of carbonyl (C=O) groups is 3. The first-order valence-electron chi connectivity index (χ1n) is 8.33. The summed E-state index contributed by atoms with van der Waals surface area (Å²) in [5.41, 5.74) is 1.02. The minimum Gasteiger partial charge on any atom is -0.439 e. The van der Waals surface area contributed by atoms with Crippen molar-refractivity contribution >= 4 is 28.7 Å². The van der Waals surface area contributed by atoms with E-state index >= 15 is 0 Å². The lowest BCUT2D eigenvalue weighted by molar-refractivity contribution is -0.137. The number of likely N-dealkylation sites (tertiary alicyclic amines) is 1. The van der Waals surface area contributed by atoms with Crippen LogP contribution in [0.5, 0.6) is 0 Å². The largest absolute Gasteiger partial charge is 0.439 e. The molecule has 6 heteroatoms. The first-order chi connectivity index (χ1) is 12.1. The summed E-state index contributed by atoms with van der Waals surface area (Å²) in [5.74, 6) is -0.0977. The molecule has 6 nitrogen and oxygen atoms in total. The molecule has 0 aliphatic carbocycles. The normalized spacial score (nSPS) is 17.8. The monoisotopic (exact) mass is 338 g/mol. The highest BCUT2D eigenvalue weighted by atomic mass is 16.6. The fourth-order valence-electron chi connectivity index (χ4n) is 3.43. The summed E-state index contributed by atoms with van der Waals surface area (Å²) < 4.78 is 4.70. The Labute approximate surface area is 145 Å². The number of benzene rings is 2. The fraction of sp³-hybridized carbons (Fsp3) is 0.316. The van der Waals surface area contributed by atoms with E-state index in [0.29, 0.717) is 26.1 Å². The van der Waals surface area contributed by atoms with Gasteiger partial charge in [-0.05, 0) is 16.3 Å². The number of rotatable bonds is 4. The van der Waals surface area contributed by atoms with Gasteiger partial charge < -0.3 is 9.64 Å². The van der Waals surface area contributed by atoms with Crippen LogP contribution in [0.25, 0.3) is 10.8 Å². The molecule has 0 bridgehead atoms. The quantitative estimate of drug-likeness (QED) is 0.853. The number of fused-ring (bicyclic) bond motifs is 1. The van der Waals surface area contributed by atoms with E-state index in [0.717, 1.165) is 21.2 Å². The summed E-state index contributed by atoms with van der Waals surface area (Å²) in [6.07, 6.45) is -0.218. The molecule has 2 heterocycles. The highest BCUT2D eigenvalue weighted by Crippen LogP contribution is 2.23. The van der Waals surface area contributed by atoms with Crippen LogP contribution in [0.1, 0.15) is 5.56 Å². The molecule has 2 saturated heterocycles. The zero-order valence-electron chi connectivity index (χ0n) is 13.7. The van der Waals surface area contributed by atoms with Crippen LogP contribution in [-0.2, 0) is 20.7 Å². The van der Waals surface area contributed by atoms with Gasteiger partial charge in [0.2, 0.25) is 5.91 Å². The number of hydrogen-bond acceptors (Lipinski definition) is 4. The third-order valence-electron chi connectivity index (χ3n) is 4.81. The van der Waals surface area contributed by atoms with Crippen molar-refractivity contribution < 1.29 is 19.1 Å². The van der Waals surface area contributed by atoms with Gasteiger partial charge in [0, 0.05) is 25.6 Å². The van der Waals surface area contributed by atoms with E-state index in [9.17, 15) is 14.4 Å². The van der Waals surface area contributed by atoms with Crippen LogP contribution in [0.3, 0.4) is 0 Å². The molecule has 2 aromatic rings. The van der Waals surface area contributed by atoms with E-state index in [1.54, 1.807) is 4.90 Å². The first kappa shape index (κ1) is 15.6. The maximum absolute atomic E-state index is 12.5. The minimum absolute atomic E-state index is 0.0722. The number of carbonyl (C=O) groups excluding carboxylic acids is 3. The standard InChI is InChI=1S/C19H18N2O4/c22-17(8-15-6-3-5-14-4-1-2-7-16(14)15)20-9-13(10-20)11-21-18(23)12-25-19(21)24/h1-7,13H,8-12H2. The van der Waals surface area contributed by atoms with Gasteiger partial charge in [0.1, 0.15) is 0 Å². The van der Waals surface area contributed by atoms with Gasteiger partial charge in [-0.15, -0.1) is 0 Å². The minimum atomic E-state index is -0.578. The van der Waals surface area contributed by atoms with Crippen LogP contribution >= 0.6 is 0 Å². The molecular formula is C19H18N2O4. The summed E-state index contributed by atoms with van der Waals surface area (Å²) in [6, 6.07) is 14.0. The van der Waals surface area contributed by atoms with Crippen molar-refractivity contribution in [1.29, 1.82) is 0 Å². The molecule has 2 aromatic carbocycles. The molecule has 2 aliphatic heterocycles. The van der Waals surface area contributed by atoms with Crippen molar-refractivity contribution in [3.63, 3.8) is 0 Å². The Bertz CT molecular complexity index is 836. The van der Waals surface area contributed by atoms with Gasteiger partial charge >= 0.3 is 6.09 Å². The molecule has 0 spiro atoms. The first-order valence-corrected chi connectivity index (χ1v) is 8.33. The van der Waals surface area contributed by atoms with Crippen LogP contribution in [0.15, 0.2) is 42.5 Å². The van der Waals surface area contributed by atoms with Crippen molar-refractivity contribution in [2.24, 2.45) is 5.92 Å². The molecule has 128 valence electrons. The Morgan fingerprint density at radius 3 is 2.60 bits per heavy atom. The second kappa shape index (κ2) is 6.20. The van der Waals surface area contributed by atoms with Gasteiger partial charge in [0.15, 0.2) is 6.61 Å². The second-order valence-corrected chi connectivity index (χ2v) is 6.54. The third-order valence-corrected chi connectivity index (χ3v) is 4.81. The highest BCUT2D eigenvalue weighted by molar-refractivity contribution is 5.97. The molecular weight excluding hydrogens is 320 g/mol. The molecule has 25 heavy (non-hydrogen) atoms. The summed E-state index contributed by atoms with van der Waals surface area (Å²) in [6.45, 7) is 1.30. The maximum Gasteiger partial charge on any atom is 0.417 e. The predicted octanol–water partition coefficient (Wildman–Crippen LogP) is 1.82. The average molecular weight is 338 g/mol. The summed E-state index contributed by atoms with van der Waals surface area (Å²) in [5, 5.41) is 2.22. The number of cyclic esters (lactones) is 1. The number of amides is 3. The van der Waals surface area contributed by atoms with E-state index in [4.69, 9.17) is 4.74 Å². The third kappa shape index (κ3) is 2.95. The smallest absolute Gasteiger partial charge is 0.417 e. The molecule has 2 fully saturated rings. The van der Waals surface area contributed by atoms with Crippen molar-refractivity contribution in [3.05, 3.63) is 48.0 Å². The van der Waals surface area contributed by atoms with E-state index in [-0.39, 0.29) is 24.3 Å². The number of ether oxygens (including phenoxy) is 1. The van der Waals surface area contributed by atoms with Gasteiger partial charge in [0.05, 0.1) is 6.42 Å². The highest BCUT2D eigenvalue weighted by Gasteiger charge is 2.38. The Balaban J connectivity index is 1.36. The lowest BCUT2D eigenvalue weighted by atomic mass is 9.97. The molecule has 0 radical (unpaired) electrons. The van der Waals surface area contributed by atoms with E-state index in [1.807, 2.05) is 42.5 Å². The summed E-state index contributed by atoms with van der Waals surface area (Å²) in [7, 11) is 0. The fourth-order valence-corrected chi connectivity index (χ4v) is 3.43. The Morgan fingerprint density at radius 1 is 1.08 bits per heavy atom. The van der Waals surface area contributed by atoms with Crippen LogP contribution in [-0.4, -0.2) is 53.9 Å². The Hall–Kier alpha value is -2.89. The zero-order valence-corrected chi connectivity index (χ0v) is 13.7. The molecule has 0 saturated carbocycles. The van der Waals surface area contributed by atoms with Crippen LogP contribution in [0.2, 0.25) is 0 Å². The number of nitrogens with zero attached hydrogens (tertiary/aromatic N) is 2. The summed E-state index contributed by atoms with van der Waals surface area (Å²) in [4.78, 5) is 38.4. The second-order valence-electron chi connectivity index (χ2n) is 6.54. The van der Waals surface area contributed by atoms with E-state index in [1.165, 1.54) is 0 Å². The molecule has 0 N–H and O–H groups in total. The lowest BCUT2D eigenvalue weighted by Crippen LogP contribution is -2.54. The van der Waals surface area contributed by atoms with Gasteiger partial charge in [-0.25, -0.2) is 9.69 Å². The molecule has 3 amide bonds. The van der Waals surface area contributed by atoms with Crippen molar-refractivity contribution in [1.82, 2.24) is 9.80 Å². The van der Waals surface area contributed by atoms with Gasteiger partial charge in [0.25, 0.3) is 5.91 Å². The van der Waals surface area contributed by atoms with Crippen LogP contribution < -0.4 is 0 Å². The van der Waals surface area contributed by atoms with Crippen molar-refractivity contribution in [2.45, 2.75) is 6.42 Å². The average Bonchev–Trinajstić information content (AvgIpc) is 2.89. The Kier molecular flexibility index (Phi) is 3.87. The van der Waals surface area contributed by atoms with Gasteiger partial charge in [-0.2, -0.15) is 0 Å². The zero-order chi connectivity index (χ0) is 17.4. The SMILES string of the molecule is O=C(Cc1cccc2ccccc12)N1CC(CN2C(=O)COC2=O)C1. The lowest BCUT2D eigenvalue weighted by Gasteiger charge is -2.40. The van der Waals surface area contributed by atoms with Gasteiger partial charge in [-0.3, -0.25) is 9.59 Å². The van der Waals surface area contributed by atoms with E-state index in [2.05, 4.69) is 0 Å². The molecule has 0 unspecified atom stereocenters. The summed E-state index contributed by atoms with van der Waals surface area (Å²) >= 11 is 0. The van der Waals surface area contributed by atoms with Crippen LogP contribution in [0, 0.1) is 5.92 Å². The molecule has 0 atom stereocenters. The van der Waals surface area contributed by atoms with Crippen molar-refractivity contribution in [3.8, 4) is 0 Å². The van der Waals surface area contributed by atoms with E-state index < -0.39 is 6.09 Å². The van der Waals surface area contributed by atoms with Crippen LogP contribution in [0.4, 0.5) is 4.79 Å². The molecule has 2 aliphatic rings. The number of hydrogen-bond donors (Lipinski definition) is 0. The van der Waals surface area contributed by atoms with Crippen molar-refractivity contribution in [2.75, 3.05) is 26.2 Å². The van der Waals surface area contributed by atoms with Gasteiger partial charge in [-0.1, -0.05) is 42.5 Å².